The molecule has 1 atom stereocenters. The number of hydrogen-bond donors (Lipinski definition) is 1. The third-order valence-corrected chi connectivity index (χ3v) is 3.21. The van der Waals surface area contributed by atoms with Crippen molar-refractivity contribution in [2.24, 2.45) is 0 Å². The van der Waals surface area contributed by atoms with Crippen LogP contribution in [0.2, 0.25) is 0 Å². The highest BCUT2D eigenvalue weighted by molar-refractivity contribution is 7.99. The van der Waals surface area contributed by atoms with E-state index < -0.39 is 6.10 Å². The lowest BCUT2D eigenvalue weighted by atomic mass is 10.0. The summed E-state index contributed by atoms with van der Waals surface area (Å²) < 4.78 is 0. The molecule has 0 bridgehead atoms. The molecule has 1 aliphatic rings. The number of benzene rings is 1. The Bertz CT molecular complexity index is 319. The Hall–Kier alpha value is -0.730. The Morgan fingerprint density at radius 3 is 3.00 bits per heavy atom. The fourth-order valence-electron chi connectivity index (χ4n) is 1.31. The van der Waals surface area contributed by atoms with E-state index in [0.717, 1.165) is 16.9 Å². The van der Waals surface area contributed by atoms with Crippen molar-refractivity contribution in [1.82, 2.24) is 0 Å². The monoisotopic (exact) mass is 178 g/mol. The molecule has 2 heteroatoms. The van der Waals surface area contributed by atoms with Crippen LogP contribution in [0.4, 0.5) is 0 Å². The zero-order valence-electron chi connectivity index (χ0n) is 6.66. The van der Waals surface area contributed by atoms with Crippen molar-refractivity contribution in [3.8, 4) is 0 Å². The molecule has 0 amide bonds. The van der Waals surface area contributed by atoms with Gasteiger partial charge in [0.25, 0.3) is 0 Å². The van der Waals surface area contributed by atoms with Crippen LogP contribution in [0.25, 0.3) is 0 Å². The number of rotatable bonds is 0. The van der Waals surface area contributed by atoms with E-state index in [2.05, 4.69) is 6.58 Å². The maximum atomic E-state index is 9.72. The van der Waals surface area contributed by atoms with E-state index in [1.54, 1.807) is 11.8 Å². The Kier molecular flexibility index (Phi) is 1.95. The summed E-state index contributed by atoms with van der Waals surface area (Å²) in [7, 11) is 0. The van der Waals surface area contributed by atoms with Crippen LogP contribution in [0.5, 0.6) is 0 Å². The molecule has 1 aliphatic heterocycles. The first-order valence-corrected chi connectivity index (χ1v) is 4.85. The molecule has 1 nitrogen and oxygen atoms in total. The van der Waals surface area contributed by atoms with Gasteiger partial charge in [-0.1, -0.05) is 24.8 Å². The largest absolute Gasteiger partial charge is 0.384 e. The first-order valence-electron chi connectivity index (χ1n) is 3.86. The van der Waals surface area contributed by atoms with Crippen molar-refractivity contribution in [1.29, 1.82) is 0 Å². The normalized spacial score (nSPS) is 22.1. The number of fused-ring (bicyclic) bond motifs is 1. The molecule has 1 unspecified atom stereocenters. The third kappa shape index (κ3) is 1.17. The Morgan fingerprint density at radius 2 is 2.17 bits per heavy atom. The number of hydrogen-bond acceptors (Lipinski definition) is 2. The van der Waals surface area contributed by atoms with Crippen molar-refractivity contribution in [2.75, 3.05) is 5.75 Å². The molecule has 1 heterocycles. The third-order valence-electron chi connectivity index (χ3n) is 2.01. The predicted octanol–water partition coefficient (Wildman–Crippen LogP) is 2.38. The zero-order chi connectivity index (χ0) is 8.55. The standard InChI is InChI=1S/C10H10OS/c1-7-6-12-9-5-3-2-4-8(9)10(7)11/h2-5,10-11H,1,6H2. The summed E-state index contributed by atoms with van der Waals surface area (Å²) in [5.74, 6) is 0.832. The quantitative estimate of drug-likeness (QED) is 0.615. The average Bonchev–Trinajstić information content (AvgIpc) is 2.12. The highest BCUT2D eigenvalue weighted by Gasteiger charge is 2.20. The van der Waals surface area contributed by atoms with Gasteiger partial charge < -0.3 is 5.11 Å². The van der Waals surface area contributed by atoms with E-state index in [0.29, 0.717) is 0 Å². The van der Waals surface area contributed by atoms with E-state index in [1.165, 1.54) is 4.90 Å². The SMILES string of the molecule is C=C1CSc2ccccc2C1O. The van der Waals surface area contributed by atoms with Gasteiger partial charge in [0.1, 0.15) is 6.10 Å². The molecule has 0 aromatic heterocycles. The molecule has 0 saturated heterocycles. The minimum atomic E-state index is -0.456. The molecule has 0 spiro atoms. The maximum Gasteiger partial charge on any atom is 0.102 e. The van der Waals surface area contributed by atoms with Gasteiger partial charge in [0.05, 0.1) is 0 Å². The molecule has 0 fully saturated rings. The summed E-state index contributed by atoms with van der Waals surface area (Å²) in [6, 6.07) is 7.93. The van der Waals surface area contributed by atoms with E-state index in [1.807, 2.05) is 24.3 Å². The molecule has 0 aliphatic carbocycles. The lowest BCUT2D eigenvalue weighted by Crippen LogP contribution is -2.08. The number of aliphatic hydroxyl groups is 1. The Balaban J connectivity index is 2.48. The molecule has 12 heavy (non-hydrogen) atoms. The molecular formula is C10H10OS. The van der Waals surface area contributed by atoms with Gasteiger partial charge in [-0.3, -0.25) is 0 Å². The first-order chi connectivity index (χ1) is 5.79. The fraction of sp³-hybridized carbons (Fsp3) is 0.200. The van der Waals surface area contributed by atoms with E-state index in [9.17, 15) is 5.11 Å². The van der Waals surface area contributed by atoms with Crippen molar-refractivity contribution in [3.63, 3.8) is 0 Å². The summed E-state index contributed by atoms with van der Waals surface area (Å²) in [6.07, 6.45) is -0.456. The average molecular weight is 178 g/mol. The van der Waals surface area contributed by atoms with Crippen LogP contribution in [0.15, 0.2) is 41.3 Å². The van der Waals surface area contributed by atoms with Crippen LogP contribution < -0.4 is 0 Å². The molecule has 1 aromatic rings. The molecule has 1 aromatic carbocycles. The van der Waals surface area contributed by atoms with Crippen molar-refractivity contribution in [2.45, 2.75) is 11.0 Å². The minimum Gasteiger partial charge on any atom is -0.384 e. The smallest absolute Gasteiger partial charge is 0.102 e. The summed E-state index contributed by atoms with van der Waals surface area (Å²) in [5, 5.41) is 9.72. The summed E-state index contributed by atoms with van der Waals surface area (Å²) in [4.78, 5) is 1.18. The van der Waals surface area contributed by atoms with E-state index in [-0.39, 0.29) is 0 Å². The topological polar surface area (TPSA) is 20.2 Å². The van der Waals surface area contributed by atoms with Gasteiger partial charge in [-0.15, -0.1) is 11.8 Å². The summed E-state index contributed by atoms with van der Waals surface area (Å²) in [6.45, 7) is 3.82. The zero-order valence-corrected chi connectivity index (χ0v) is 7.47. The van der Waals surface area contributed by atoms with Gasteiger partial charge in [-0.25, -0.2) is 0 Å². The van der Waals surface area contributed by atoms with Gasteiger partial charge in [0.15, 0.2) is 0 Å². The van der Waals surface area contributed by atoms with Crippen LogP contribution in [0, 0.1) is 0 Å². The van der Waals surface area contributed by atoms with Crippen LogP contribution in [0.3, 0.4) is 0 Å². The second kappa shape index (κ2) is 2.96. The molecule has 0 radical (unpaired) electrons. The van der Waals surface area contributed by atoms with Crippen LogP contribution in [-0.4, -0.2) is 10.9 Å². The Morgan fingerprint density at radius 1 is 1.42 bits per heavy atom. The summed E-state index contributed by atoms with van der Waals surface area (Å²) in [5.41, 5.74) is 1.90. The molecule has 62 valence electrons. The van der Waals surface area contributed by atoms with Gasteiger partial charge >= 0.3 is 0 Å². The van der Waals surface area contributed by atoms with E-state index >= 15 is 0 Å². The Labute approximate surface area is 76.1 Å². The highest BCUT2D eigenvalue weighted by Crippen LogP contribution is 2.37. The van der Waals surface area contributed by atoms with E-state index in [4.69, 9.17) is 0 Å². The van der Waals surface area contributed by atoms with Crippen LogP contribution in [-0.2, 0) is 0 Å². The van der Waals surface area contributed by atoms with Gasteiger partial charge in [0.2, 0.25) is 0 Å². The second-order valence-electron chi connectivity index (χ2n) is 2.89. The molecule has 2 rings (SSSR count). The lowest BCUT2D eigenvalue weighted by Gasteiger charge is -2.22. The first kappa shape index (κ1) is 7.90. The molecule has 0 saturated carbocycles. The van der Waals surface area contributed by atoms with Crippen molar-refractivity contribution >= 4 is 11.8 Å². The lowest BCUT2D eigenvalue weighted by molar-refractivity contribution is 0.212. The highest BCUT2D eigenvalue weighted by atomic mass is 32.2. The van der Waals surface area contributed by atoms with Gasteiger partial charge in [-0.2, -0.15) is 0 Å². The number of thioether (sulfide) groups is 1. The number of aliphatic hydroxyl groups excluding tert-OH is 1. The van der Waals surface area contributed by atoms with Crippen LogP contribution in [0.1, 0.15) is 11.7 Å². The van der Waals surface area contributed by atoms with Crippen molar-refractivity contribution in [3.05, 3.63) is 42.0 Å². The minimum absolute atomic E-state index is 0.456. The summed E-state index contributed by atoms with van der Waals surface area (Å²) >= 11 is 1.74. The molecular weight excluding hydrogens is 168 g/mol. The fourth-order valence-corrected chi connectivity index (χ4v) is 2.33. The van der Waals surface area contributed by atoms with Crippen LogP contribution >= 0.6 is 11.8 Å². The maximum absolute atomic E-state index is 9.72. The second-order valence-corrected chi connectivity index (χ2v) is 3.90. The van der Waals surface area contributed by atoms with Gasteiger partial charge in [-0.05, 0) is 17.2 Å². The van der Waals surface area contributed by atoms with Crippen molar-refractivity contribution < 1.29 is 5.11 Å². The molecule has 1 N–H and O–H groups in total. The van der Waals surface area contributed by atoms with Gasteiger partial charge in [0, 0.05) is 10.6 Å². The predicted molar refractivity (Wildman–Crippen MR) is 51.3 cm³/mol.